The van der Waals surface area contributed by atoms with Crippen LogP contribution in [0.4, 0.5) is 0 Å². The molecule has 178 valence electrons. The number of piperidine rings is 1. The Morgan fingerprint density at radius 1 is 1.03 bits per heavy atom. The molecule has 2 aromatic rings. The predicted molar refractivity (Wildman–Crippen MR) is 140 cm³/mol. The maximum Gasteiger partial charge on any atom is 0.241 e. The van der Waals surface area contributed by atoms with E-state index in [4.69, 9.17) is 9.47 Å². The highest BCUT2D eigenvalue weighted by Gasteiger charge is 2.23. The highest BCUT2D eigenvalue weighted by atomic mass is 127. The molecular formula is C25H33IN4O3. The number of rotatable bonds is 7. The van der Waals surface area contributed by atoms with Crippen molar-refractivity contribution in [2.45, 2.75) is 25.7 Å². The van der Waals surface area contributed by atoms with E-state index in [1.54, 1.807) is 7.05 Å². The molecule has 2 heterocycles. The van der Waals surface area contributed by atoms with Crippen molar-refractivity contribution in [3.05, 3.63) is 59.7 Å². The summed E-state index contributed by atoms with van der Waals surface area (Å²) in [6.07, 6.45) is 4.04. The Morgan fingerprint density at radius 2 is 1.79 bits per heavy atom. The van der Waals surface area contributed by atoms with Crippen LogP contribution in [0, 0.1) is 5.92 Å². The number of likely N-dealkylation sites (tertiary alicyclic amines) is 1. The van der Waals surface area contributed by atoms with Crippen LogP contribution in [0.25, 0.3) is 0 Å². The van der Waals surface area contributed by atoms with Crippen molar-refractivity contribution in [3.63, 3.8) is 0 Å². The first-order chi connectivity index (χ1) is 15.7. The minimum Gasteiger partial charge on any atom is -0.454 e. The molecule has 1 saturated heterocycles. The number of benzene rings is 2. The number of carbonyl (C=O) groups excluding carboxylic acids is 1. The molecule has 2 N–H and O–H groups in total. The molecule has 0 aromatic heterocycles. The third-order valence-electron chi connectivity index (χ3n) is 6.11. The number of aliphatic imine (C=N–C) groups is 1. The molecule has 2 aromatic carbocycles. The summed E-state index contributed by atoms with van der Waals surface area (Å²) in [6.45, 7) is 2.90. The topological polar surface area (TPSA) is 75.2 Å². The number of amides is 1. The zero-order valence-corrected chi connectivity index (χ0v) is 21.4. The monoisotopic (exact) mass is 564 g/mol. The second-order valence-corrected chi connectivity index (χ2v) is 8.30. The largest absolute Gasteiger partial charge is 0.454 e. The van der Waals surface area contributed by atoms with Gasteiger partial charge in [-0.1, -0.05) is 36.4 Å². The van der Waals surface area contributed by atoms with Crippen LogP contribution in [0.5, 0.6) is 11.5 Å². The van der Waals surface area contributed by atoms with Gasteiger partial charge in [0.1, 0.15) is 0 Å². The summed E-state index contributed by atoms with van der Waals surface area (Å²) in [5.41, 5.74) is 2.54. The third kappa shape index (κ3) is 7.25. The highest BCUT2D eigenvalue weighted by molar-refractivity contribution is 14.0. The summed E-state index contributed by atoms with van der Waals surface area (Å²) < 4.78 is 10.8. The average molecular weight is 564 g/mol. The number of guanidine groups is 1. The molecular weight excluding hydrogens is 531 g/mol. The molecule has 8 heteroatoms. The van der Waals surface area contributed by atoms with Crippen LogP contribution in [0.1, 0.15) is 24.0 Å². The Morgan fingerprint density at radius 3 is 2.55 bits per heavy atom. The van der Waals surface area contributed by atoms with E-state index < -0.39 is 0 Å². The maximum atomic E-state index is 12.6. The number of nitrogens with one attached hydrogen (secondary N) is 2. The Hall–Kier alpha value is -2.49. The lowest BCUT2D eigenvalue weighted by atomic mass is 9.90. The minimum atomic E-state index is 0. The lowest BCUT2D eigenvalue weighted by molar-refractivity contribution is -0.131. The number of hydrogen-bond donors (Lipinski definition) is 2. The Labute approximate surface area is 213 Å². The highest BCUT2D eigenvalue weighted by Crippen LogP contribution is 2.32. The first-order valence-electron chi connectivity index (χ1n) is 11.4. The van der Waals surface area contributed by atoms with Gasteiger partial charge in [0.25, 0.3) is 0 Å². The van der Waals surface area contributed by atoms with Gasteiger partial charge in [-0.15, -0.1) is 24.0 Å². The summed E-state index contributed by atoms with van der Waals surface area (Å²) in [4.78, 5) is 18.8. The summed E-state index contributed by atoms with van der Waals surface area (Å²) in [6, 6.07) is 16.6. The molecule has 0 aliphatic carbocycles. The molecule has 0 saturated carbocycles. The second kappa shape index (κ2) is 12.7. The van der Waals surface area contributed by atoms with E-state index in [0.717, 1.165) is 55.8 Å². The van der Waals surface area contributed by atoms with Crippen molar-refractivity contribution in [3.8, 4) is 11.5 Å². The van der Waals surface area contributed by atoms with Gasteiger partial charge in [-0.25, -0.2) is 0 Å². The summed E-state index contributed by atoms with van der Waals surface area (Å²) >= 11 is 0. The molecule has 0 unspecified atom stereocenters. The Balaban J connectivity index is 0.00000306. The second-order valence-electron chi connectivity index (χ2n) is 8.30. The zero-order valence-electron chi connectivity index (χ0n) is 19.1. The average Bonchev–Trinajstić information content (AvgIpc) is 3.30. The molecule has 0 bridgehead atoms. The number of nitrogens with zero attached hydrogens (tertiary/aromatic N) is 2. The van der Waals surface area contributed by atoms with Crippen molar-refractivity contribution in [2.75, 3.05) is 40.0 Å². The summed E-state index contributed by atoms with van der Waals surface area (Å²) in [5.74, 6) is 3.00. The molecule has 7 nitrogen and oxygen atoms in total. The Kier molecular flexibility index (Phi) is 9.65. The molecule has 2 aliphatic heterocycles. The van der Waals surface area contributed by atoms with E-state index in [0.29, 0.717) is 18.4 Å². The Bertz CT molecular complexity index is 931. The molecule has 1 amide bonds. The standard InChI is InChI=1S/C25H32N4O3.HI/c1-26-25(27-12-9-20-7-8-22-23(16-20)32-18-31-22)28-17-24(30)29-13-10-21(11-14-29)15-19-5-3-2-4-6-19;/h2-8,16,21H,9-15,17-18H2,1H3,(H2,26,27,28);1H. The maximum absolute atomic E-state index is 12.6. The fraction of sp³-hybridized carbons (Fsp3) is 0.440. The fourth-order valence-electron chi connectivity index (χ4n) is 4.25. The van der Waals surface area contributed by atoms with Crippen LogP contribution in [0.3, 0.4) is 0 Å². The first-order valence-corrected chi connectivity index (χ1v) is 11.4. The van der Waals surface area contributed by atoms with E-state index >= 15 is 0 Å². The molecule has 0 atom stereocenters. The van der Waals surface area contributed by atoms with Gasteiger partial charge in [0.05, 0.1) is 6.54 Å². The number of hydrogen-bond acceptors (Lipinski definition) is 4. The van der Waals surface area contributed by atoms with Gasteiger partial charge >= 0.3 is 0 Å². The van der Waals surface area contributed by atoms with Gasteiger partial charge in [-0.05, 0) is 54.9 Å². The van der Waals surface area contributed by atoms with Gasteiger partial charge in [0.2, 0.25) is 12.7 Å². The number of halogens is 1. The predicted octanol–water partition coefficient (Wildman–Crippen LogP) is 3.22. The lowest BCUT2D eigenvalue weighted by Gasteiger charge is -2.32. The van der Waals surface area contributed by atoms with Gasteiger partial charge in [0, 0.05) is 26.7 Å². The zero-order chi connectivity index (χ0) is 22.2. The van der Waals surface area contributed by atoms with E-state index in [1.807, 2.05) is 23.1 Å². The lowest BCUT2D eigenvalue weighted by Crippen LogP contribution is -2.47. The summed E-state index contributed by atoms with van der Waals surface area (Å²) in [7, 11) is 1.72. The van der Waals surface area contributed by atoms with E-state index in [2.05, 4.69) is 46.0 Å². The normalized spacial score (nSPS) is 15.7. The summed E-state index contributed by atoms with van der Waals surface area (Å²) in [5, 5.41) is 6.42. The van der Waals surface area contributed by atoms with Crippen molar-refractivity contribution >= 4 is 35.8 Å². The fourth-order valence-corrected chi connectivity index (χ4v) is 4.25. The molecule has 33 heavy (non-hydrogen) atoms. The van der Waals surface area contributed by atoms with Gasteiger partial charge in [0.15, 0.2) is 17.5 Å². The van der Waals surface area contributed by atoms with Crippen molar-refractivity contribution in [1.29, 1.82) is 0 Å². The number of carbonyl (C=O) groups is 1. The van der Waals surface area contributed by atoms with Gasteiger partial charge in [-0.3, -0.25) is 9.79 Å². The molecule has 2 aliphatic rings. The van der Waals surface area contributed by atoms with Gasteiger partial charge in [-0.2, -0.15) is 0 Å². The van der Waals surface area contributed by atoms with Crippen LogP contribution < -0.4 is 20.1 Å². The van der Waals surface area contributed by atoms with Crippen molar-refractivity contribution in [1.82, 2.24) is 15.5 Å². The molecule has 1 fully saturated rings. The third-order valence-corrected chi connectivity index (χ3v) is 6.11. The number of ether oxygens (including phenoxy) is 2. The van der Waals surface area contributed by atoms with Crippen LogP contribution in [-0.4, -0.2) is 56.8 Å². The van der Waals surface area contributed by atoms with E-state index in [1.165, 1.54) is 5.56 Å². The van der Waals surface area contributed by atoms with E-state index in [-0.39, 0.29) is 43.2 Å². The van der Waals surface area contributed by atoms with Gasteiger partial charge < -0.3 is 25.0 Å². The quantitative estimate of drug-likeness (QED) is 0.307. The molecule has 0 spiro atoms. The van der Waals surface area contributed by atoms with Crippen LogP contribution in [-0.2, 0) is 17.6 Å². The van der Waals surface area contributed by atoms with Crippen LogP contribution in [0.15, 0.2) is 53.5 Å². The molecule has 4 rings (SSSR count). The molecule has 0 radical (unpaired) electrons. The van der Waals surface area contributed by atoms with Crippen molar-refractivity contribution < 1.29 is 14.3 Å². The van der Waals surface area contributed by atoms with E-state index in [9.17, 15) is 4.79 Å². The van der Waals surface area contributed by atoms with Crippen molar-refractivity contribution in [2.24, 2.45) is 10.9 Å². The SMILES string of the molecule is CN=C(NCCc1ccc2c(c1)OCO2)NCC(=O)N1CCC(Cc2ccccc2)CC1.I. The van der Waals surface area contributed by atoms with Crippen LogP contribution in [0.2, 0.25) is 0 Å². The minimum absolute atomic E-state index is 0. The smallest absolute Gasteiger partial charge is 0.241 e. The van der Waals surface area contributed by atoms with Crippen LogP contribution >= 0.6 is 24.0 Å². The number of fused-ring (bicyclic) bond motifs is 1. The first kappa shape index (κ1) is 25.1.